The summed E-state index contributed by atoms with van der Waals surface area (Å²) in [4.78, 5) is 0. The molecule has 0 fully saturated rings. The molecule has 0 saturated carbocycles. The summed E-state index contributed by atoms with van der Waals surface area (Å²) in [6, 6.07) is 0. The Kier molecular flexibility index (Phi) is 12.3. The van der Waals surface area contributed by atoms with Gasteiger partial charge in [-0.15, -0.1) is 0 Å². The molecule has 0 N–H and O–H groups in total. The van der Waals surface area contributed by atoms with E-state index >= 15 is 0 Å². The van der Waals surface area contributed by atoms with Crippen LogP contribution in [-0.4, -0.2) is 20.0 Å². The molecule has 2 nitrogen and oxygen atoms in total. The topological polar surface area (TPSA) is 18.5 Å². The Hall–Kier alpha value is -0.0800. The van der Waals surface area contributed by atoms with Crippen molar-refractivity contribution in [3.05, 3.63) is 0 Å². The van der Waals surface area contributed by atoms with Crippen LogP contribution in [0.4, 0.5) is 0 Å². The van der Waals surface area contributed by atoms with E-state index in [2.05, 4.69) is 34.6 Å². The fourth-order valence-corrected chi connectivity index (χ4v) is 3.75. The third-order valence-corrected chi connectivity index (χ3v) is 5.65. The van der Waals surface area contributed by atoms with E-state index in [9.17, 15) is 0 Å². The second kappa shape index (κ2) is 12.4. The van der Waals surface area contributed by atoms with Gasteiger partial charge in [-0.05, 0) is 18.8 Å². The first-order valence-electron chi connectivity index (χ1n) is 9.64. The summed E-state index contributed by atoms with van der Waals surface area (Å²) in [7, 11) is 3.65. The van der Waals surface area contributed by atoms with E-state index in [1.54, 1.807) is 0 Å². The van der Waals surface area contributed by atoms with Crippen LogP contribution in [-0.2, 0) is 9.47 Å². The van der Waals surface area contributed by atoms with Crippen molar-refractivity contribution in [1.29, 1.82) is 0 Å². The fourth-order valence-electron chi connectivity index (χ4n) is 3.75. The second-order valence-electron chi connectivity index (χ2n) is 6.99. The maximum atomic E-state index is 6.00. The van der Waals surface area contributed by atoms with E-state index in [1.807, 2.05) is 14.2 Å². The van der Waals surface area contributed by atoms with E-state index in [0.717, 1.165) is 6.42 Å². The molecular weight excluding hydrogens is 272 g/mol. The maximum absolute atomic E-state index is 6.00. The average molecular weight is 315 g/mol. The molecule has 0 aliphatic rings. The maximum Gasteiger partial charge on any atom is 0.173 e. The molecule has 0 saturated heterocycles. The molecule has 0 aromatic heterocycles. The Labute approximate surface area is 140 Å². The van der Waals surface area contributed by atoms with Gasteiger partial charge in [-0.1, -0.05) is 79.6 Å². The number of hydrogen-bond acceptors (Lipinski definition) is 2. The Bertz CT molecular complexity index is 248. The number of rotatable bonds is 14. The van der Waals surface area contributed by atoms with Gasteiger partial charge >= 0.3 is 0 Å². The van der Waals surface area contributed by atoms with Crippen molar-refractivity contribution >= 4 is 0 Å². The smallest absolute Gasteiger partial charge is 0.173 e. The largest absolute Gasteiger partial charge is 0.353 e. The summed E-state index contributed by atoms with van der Waals surface area (Å²) in [6.07, 6.45) is 11.6. The Morgan fingerprint density at radius 1 is 0.773 bits per heavy atom. The Balaban J connectivity index is 4.78. The van der Waals surface area contributed by atoms with Crippen molar-refractivity contribution < 1.29 is 9.47 Å². The van der Waals surface area contributed by atoms with Crippen LogP contribution in [0.25, 0.3) is 0 Å². The zero-order valence-corrected chi connectivity index (χ0v) is 16.4. The molecule has 0 bridgehead atoms. The average Bonchev–Trinajstić information content (AvgIpc) is 2.56. The molecule has 0 aromatic carbocycles. The zero-order valence-electron chi connectivity index (χ0n) is 16.4. The number of unbranched alkanes of at least 4 members (excludes halogenated alkanes) is 5. The van der Waals surface area contributed by atoms with E-state index < -0.39 is 5.79 Å². The van der Waals surface area contributed by atoms with Crippen LogP contribution in [0.5, 0.6) is 0 Å². The lowest BCUT2D eigenvalue weighted by Crippen LogP contribution is -2.50. The Morgan fingerprint density at radius 2 is 1.32 bits per heavy atom. The fraction of sp³-hybridized carbons (Fsp3) is 1.00. The molecule has 0 aliphatic heterocycles. The van der Waals surface area contributed by atoms with Crippen LogP contribution in [0.2, 0.25) is 0 Å². The third-order valence-electron chi connectivity index (χ3n) is 5.65. The first kappa shape index (κ1) is 21.9. The number of methoxy groups -OCH3 is 2. The molecule has 0 rings (SSSR count). The van der Waals surface area contributed by atoms with Crippen molar-refractivity contribution in [3.8, 4) is 0 Å². The summed E-state index contributed by atoms with van der Waals surface area (Å²) in [5, 5.41) is 0. The van der Waals surface area contributed by atoms with Crippen LogP contribution < -0.4 is 0 Å². The third kappa shape index (κ3) is 6.20. The van der Waals surface area contributed by atoms with Crippen LogP contribution in [0.15, 0.2) is 0 Å². The minimum atomic E-state index is -0.423. The van der Waals surface area contributed by atoms with Crippen molar-refractivity contribution in [1.82, 2.24) is 0 Å². The lowest BCUT2D eigenvalue weighted by Gasteiger charge is -2.45. The lowest BCUT2D eigenvalue weighted by molar-refractivity contribution is -0.279. The summed E-state index contributed by atoms with van der Waals surface area (Å²) >= 11 is 0. The molecular formula is C20H42O2. The second-order valence-corrected chi connectivity index (χ2v) is 6.99. The van der Waals surface area contributed by atoms with Crippen molar-refractivity contribution in [2.75, 3.05) is 14.2 Å². The quantitative estimate of drug-likeness (QED) is 0.271. The molecule has 134 valence electrons. The van der Waals surface area contributed by atoms with Crippen molar-refractivity contribution in [2.45, 2.75) is 98.2 Å². The van der Waals surface area contributed by atoms with Crippen LogP contribution >= 0.6 is 0 Å². The monoisotopic (exact) mass is 314 g/mol. The highest BCUT2D eigenvalue weighted by Gasteiger charge is 2.45. The molecule has 22 heavy (non-hydrogen) atoms. The minimum absolute atomic E-state index is 0.418. The molecule has 0 spiro atoms. The van der Waals surface area contributed by atoms with Gasteiger partial charge in [0.05, 0.1) is 0 Å². The Morgan fingerprint density at radius 3 is 1.77 bits per heavy atom. The first-order chi connectivity index (χ1) is 10.5. The minimum Gasteiger partial charge on any atom is -0.353 e. The van der Waals surface area contributed by atoms with E-state index in [1.165, 1.54) is 51.4 Å². The van der Waals surface area contributed by atoms with Gasteiger partial charge in [0, 0.05) is 26.1 Å². The van der Waals surface area contributed by atoms with Crippen LogP contribution in [0.1, 0.15) is 92.4 Å². The standard InChI is InChI=1S/C20H42O2/c1-8-11-12-13-14-15-16-19(17(4)9-2)20(21-6,22-7)18(5)10-3/h17-19H,8-16H2,1-7H3. The molecule has 0 heterocycles. The normalized spacial score (nSPS) is 16.5. The SMILES string of the molecule is CCCCCCCCC(C(C)CC)C(OC)(OC)C(C)CC. The lowest BCUT2D eigenvalue weighted by atomic mass is 9.75. The predicted octanol–water partition coefficient (Wildman–Crippen LogP) is 6.43. The predicted molar refractivity (Wildman–Crippen MR) is 97.1 cm³/mol. The highest BCUT2D eigenvalue weighted by atomic mass is 16.7. The molecule has 2 heteroatoms. The van der Waals surface area contributed by atoms with Gasteiger partial charge in [0.1, 0.15) is 0 Å². The molecule has 0 aromatic rings. The van der Waals surface area contributed by atoms with Gasteiger partial charge in [-0.2, -0.15) is 0 Å². The highest BCUT2D eigenvalue weighted by Crippen LogP contribution is 2.41. The number of hydrogen-bond donors (Lipinski definition) is 0. The van der Waals surface area contributed by atoms with Gasteiger partial charge in [0.25, 0.3) is 0 Å². The summed E-state index contributed by atoms with van der Waals surface area (Å²) in [6.45, 7) is 11.4. The van der Waals surface area contributed by atoms with Gasteiger partial charge in [0.2, 0.25) is 0 Å². The first-order valence-corrected chi connectivity index (χ1v) is 9.64. The summed E-state index contributed by atoms with van der Waals surface area (Å²) in [5.74, 6) is 1.10. The molecule has 0 amide bonds. The van der Waals surface area contributed by atoms with Crippen LogP contribution in [0, 0.1) is 17.8 Å². The van der Waals surface area contributed by atoms with Crippen molar-refractivity contribution in [3.63, 3.8) is 0 Å². The molecule has 0 aliphatic carbocycles. The molecule has 3 atom stereocenters. The van der Waals surface area contributed by atoms with Gasteiger partial charge < -0.3 is 9.47 Å². The summed E-state index contributed by atoms with van der Waals surface area (Å²) < 4.78 is 12.0. The van der Waals surface area contributed by atoms with E-state index in [4.69, 9.17) is 9.47 Å². The van der Waals surface area contributed by atoms with Gasteiger partial charge in [0.15, 0.2) is 5.79 Å². The van der Waals surface area contributed by atoms with Gasteiger partial charge in [-0.25, -0.2) is 0 Å². The van der Waals surface area contributed by atoms with Crippen molar-refractivity contribution in [2.24, 2.45) is 17.8 Å². The van der Waals surface area contributed by atoms with Gasteiger partial charge in [-0.3, -0.25) is 0 Å². The van der Waals surface area contributed by atoms with E-state index in [0.29, 0.717) is 17.8 Å². The number of ether oxygens (including phenoxy) is 2. The summed E-state index contributed by atoms with van der Waals surface area (Å²) in [5.41, 5.74) is 0. The van der Waals surface area contributed by atoms with E-state index in [-0.39, 0.29) is 0 Å². The molecule has 0 radical (unpaired) electrons. The zero-order chi connectivity index (χ0) is 17.0. The van der Waals surface area contributed by atoms with Crippen LogP contribution in [0.3, 0.4) is 0 Å². The highest BCUT2D eigenvalue weighted by molar-refractivity contribution is 4.86. The molecule has 3 unspecified atom stereocenters.